The fraction of sp³-hybridized carbons (Fsp3) is 0.559. The second kappa shape index (κ2) is 20.9. The van der Waals surface area contributed by atoms with E-state index in [1.807, 2.05) is 42.3 Å². The third-order valence-corrected chi connectivity index (χ3v) is 10.0. The van der Waals surface area contributed by atoms with Gasteiger partial charge in [0.1, 0.15) is 0 Å². The Morgan fingerprint density at radius 3 is 2.12 bits per heavy atom. The fourth-order valence-corrected chi connectivity index (χ4v) is 6.81. The smallest absolute Gasteiger partial charge is 0.356 e. The molecular formula is C34H48Cl2N3O8P. The van der Waals surface area contributed by atoms with Crippen LogP contribution in [0.2, 0.25) is 10.0 Å². The molecule has 0 saturated heterocycles. The van der Waals surface area contributed by atoms with Crippen molar-refractivity contribution in [2.45, 2.75) is 89.0 Å². The van der Waals surface area contributed by atoms with Gasteiger partial charge in [0.05, 0.1) is 29.8 Å². The lowest BCUT2D eigenvalue weighted by Gasteiger charge is -2.37. The van der Waals surface area contributed by atoms with Gasteiger partial charge in [0.25, 0.3) is 0 Å². The van der Waals surface area contributed by atoms with E-state index in [-0.39, 0.29) is 49.1 Å². The van der Waals surface area contributed by atoms with Crippen LogP contribution in [0, 0.1) is 0 Å². The number of unbranched alkanes of at least 4 members (excludes halogenated alkanes) is 5. The zero-order chi connectivity index (χ0) is 34.9. The molecule has 0 radical (unpaired) electrons. The van der Waals surface area contributed by atoms with Gasteiger partial charge in [-0.1, -0.05) is 72.8 Å². The Hall–Kier alpha value is -2.50. The van der Waals surface area contributed by atoms with Crippen molar-refractivity contribution in [1.82, 2.24) is 15.5 Å². The minimum Gasteiger partial charge on any atom is -0.356 e. The maximum absolute atomic E-state index is 13.1. The lowest BCUT2D eigenvalue weighted by Crippen LogP contribution is -2.34. The van der Waals surface area contributed by atoms with Crippen molar-refractivity contribution in [3.63, 3.8) is 0 Å². The second-order valence-corrected chi connectivity index (χ2v) is 14.1. The first-order valence-corrected chi connectivity index (χ1v) is 18.8. The molecule has 11 nitrogen and oxygen atoms in total. The summed E-state index contributed by atoms with van der Waals surface area (Å²) in [7, 11) is -1.15. The number of hydrogen-bond acceptors (Lipinski definition) is 7. The molecule has 3 amide bonds. The summed E-state index contributed by atoms with van der Waals surface area (Å²) < 4.78 is 20.1. The van der Waals surface area contributed by atoms with E-state index < -0.39 is 7.82 Å². The summed E-state index contributed by atoms with van der Waals surface area (Å²) in [6, 6.07) is 14.1. The minimum absolute atomic E-state index is 0.0158. The van der Waals surface area contributed by atoms with Crippen molar-refractivity contribution in [3.8, 4) is 0 Å². The predicted octanol–water partition coefficient (Wildman–Crippen LogP) is 7.25. The van der Waals surface area contributed by atoms with Crippen molar-refractivity contribution < 1.29 is 37.9 Å². The molecule has 1 aliphatic carbocycles. The molecule has 14 heteroatoms. The Morgan fingerprint density at radius 1 is 0.854 bits per heavy atom. The minimum atomic E-state index is -4.16. The van der Waals surface area contributed by atoms with Crippen LogP contribution in [0.3, 0.4) is 0 Å². The van der Waals surface area contributed by atoms with Crippen LogP contribution in [0.4, 0.5) is 0 Å². The summed E-state index contributed by atoms with van der Waals surface area (Å²) in [6.45, 7) is 1.06. The summed E-state index contributed by atoms with van der Waals surface area (Å²) >= 11 is 12.5. The van der Waals surface area contributed by atoms with Gasteiger partial charge >= 0.3 is 7.82 Å². The predicted molar refractivity (Wildman–Crippen MR) is 186 cm³/mol. The fourth-order valence-electron chi connectivity index (χ4n) is 5.91. The van der Waals surface area contributed by atoms with E-state index in [1.54, 1.807) is 0 Å². The SMILES string of the molecule is COOP(=O)(O)OCCCCCCNC(=O)CCC(=O)NCCCCCC(=O)N(C)[C@H]1CC[C@@H](c2ccc(Cl)c(Cl)c2)c2ccccc21. The van der Waals surface area contributed by atoms with E-state index in [2.05, 4.69) is 32.3 Å². The van der Waals surface area contributed by atoms with Gasteiger partial charge in [-0.3, -0.25) is 18.9 Å². The van der Waals surface area contributed by atoms with E-state index in [0.717, 1.165) is 64.0 Å². The number of carbonyl (C=O) groups is 3. The van der Waals surface area contributed by atoms with Crippen LogP contribution in [0.5, 0.6) is 0 Å². The molecule has 3 atom stereocenters. The lowest BCUT2D eigenvalue weighted by atomic mass is 9.76. The number of nitrogens with one attached hydrogen (secondary N) is 2. The molecule has 0 fully saturated rings. The van der Waals surface area contributed by atoms with E-state index >= 15 is 0 Å². The molecule has 3 N–H and O–H groups in total. The van der Waals surface area contributed by atoms with Gasteiger partial charge in [0, 0.05) is 45.3 Å². The first kappa shape index (κ1) is 39.9. The molecular weight excluding hydrogens is 680 g/mol. The van der Waals surface area contributed by atoms with Crippen LogP contribution < -0.4 is 10.6 Å². The van der Waals surface area contributed by atoms with Crippen LogP contribution >= 0.6 is 31.0 Å². The van der Waals surface area contributed by atoms with E-state index in [1.165, 1.54) is 11.1 Å². The maximum Gasteiger partial charge on any atom is 0.499 e. The first-order valence-electron chi connectivity index (χ1n) is 16.5. The normalized spacial score (nSPS) is 16.9. The van der Waals surface area contributed by atoms with Crippen LogP contribution in [0.15, 0.2) is 42.5 Å². The molecule has 0 heterocycles. The van der Waals surface area contributed by atoms with Gasteiger partial charge in [0.2, 0.25) is 17.7 Å². The van der Waals surface area contributed by atoms with E-state index in [9.17, 15) is 23.8 Å². The lowest BCUT2D eigenvalue weighted by molar-refractivity contribution is -0.198. The summed E-state index contributed by atoms with van der Waals surface area (Å²) in [5, 5.41) is 6.74. The van der Waals surface area contributed by atoms with Crippen molar-refractivity contribution in [3.05, 3.63) is 69.2 Å². The Labute approximate surface area is 293 Å². The number of nitrogens with zero attached hydrogens (tertiary/aromatic N) is 1. The van der Waals surface area contributed by atoms with Gasteiger partial charge in [-0.2, -0.15) is 0 Å². The number of phosphoric ester groups is 1. The highest BCUT2D eigenvalue weighted by molar-refractivity contribution is 7.47. The van der Waals surface area contributed by atoms with E-state index in [4.69, 9.17) is 27.7 Å². The summed E-state index contributed by atoms with van der Waals surface area (Å²) in [4.78, 5) is 52.6. The van der Waals surface area contributed by atoms with Crippen molar-refractivity contribution in [2.75, 3.05) is 33.9 Å². The van der Waals surface area contributed by atoms with Crippen molar-refractivity contribution >= 4 is 48.7 Å². The monoisotopic (exact) mass is 727 g/mol. The zero-order valence-electron chi connectivity index (χ0n) is 27.8. The average molecular weight is 729 g/mol. The summed E-state index contributed by atoms with van der Waals surface area (Å²) in [6.07, 6.45) is 7.62. The molecule has 0 aliphatic heterocycles. The molecule has 48 heavy (non-hydrogen) atoms. The van der Waals surface area contributed by atoms with Gasteiger partial charge in [-0.15, -0.1) is 4.67 Å². The maximum atomic E-state index is 13.1. The molecule has 266 valence electrons. The van der Waals surface area contributed by atoms with Crippen molar-refractivity contribution in [1.29, 1.82) is 0 Å². The molecule has 0 bridgehead atoms. The number of carbonyl (C=O) groups excluding carboxylic acids is 3. The number of fused-ring (bicyclic) bond motifs is 1. The topological polar surface area (TPSA) is 144 Å². The van der Waals surface area contributed by atoms with Gasteiger partial charge < -0.3 is 20.4 Å². The molecule has 2 aromatic carbocycles. The third kappa shape index (κ3) is 13.4. The Kier molecular flexibility index (Phi) is 17.4. The molecule has 0 spiro atoms. The number of amides is 3. The van der Waals surface area contributed by atoms with Gasteiger partial charge in [-0.25, -0.2) is 9.45 Å². The highest BCUT2D eigenvalue weighted by atomic mass is 35.5. The van der Waals surface area contributed by atoms with Crippen LogP contribution in [0.25, 0.3) is 0 Å². The largest absolute Gasteiger partial charge is 0.499 e. The highest BCUT2D eigenvalue weighted by Crippen LogP contribution is 2.45. The summed E-state index contributed by atoms with van der Waals surface area (Å²) in [5.41, 5.74) is 3.51. The Morgan fingerprint density at radius 2 is 1.48 bits per heavy atom. The molecule has 2 aromatic rings. The summed E-state index contributed by atoms with van der Waals surface area (Å²) in [5.74, 6) is -0.0444. The number of rotatable bonds is 21. The molecule has 1 unspecified atom stereocenters. The number of benzene rings is 2. The quantitative estimate of drug-likeness (QED) is 0.0528. The first-order chi connectivity index (χ1) is 23.0. The molecule has 0 saturated carbocycles. The standard InChI is InChI=1S/C34H48Cl2N3O8P/c1-39(31-18-16-26(27-12-7-8-13-28(27)31)25-15-17-29(35)30(36)24-25)34(42)14-6-5-10-22-38-33(41)20-19-32(40)37-21-9-3-4-11-23-46-48(43,44)47-45-2/h7-8,12-13,15,17,24,26,31H,3-6,9-11,14,16,18-23H2,1-2H3,(H,37,40)(H,38,41)(H,43,44)/t26-,31-/m0/s1. The van der Waals surface area contributed by atoms with E-state index in [0.29, 0.717) is 36.0 Å². The zero-order valence-corrected chi connectivity index (χ0v) is 30.2. The third-order valence-electron chi connectivity index (χ3n) is 8.45. The Balaban J connectivity index is 1.25. The molecule has 3 rings (SSSR count). The Bertz CT molecular complexity index is 1400. The number of hydrogen-bond donors (Lipinski definition) is 3. The van der Waals surface area contributed by atoms with Crippen molar-refractivity contribution in [2.24, 2.45) is 0 Å². The van der Waals surface area contributed by atoms with Gasteiger partial charge in [0.15, 0.2) is 0 Å². The number of phosphoric acid groups is 1. The van der Waals surface area contributed by atoms with Crippen LogP contribution in [-0.4, -0.2) is 61.4 Å². The highest BCUT2D eigenvalue weighted by Gasteiger charge is 2.32. The van der Waals surface area contributed by atoms with Crippen LogP contribution in [0.1, 0.15) is 106 Å². The number of halogens is 2. The molecule has 1 aliphatic rings. The average Bonchev–Trinajstić information content (AvgIpc) is 3.06. The second-order valence-electron chi connectivity index (χ2n) is 11.9. The van der Waals surface area contributed by atoms with Gasteiger partial charge in [-0.05, 0) is 67.3 Å². The molecule has 0 aromatic heterocycles. The van der Waals surface area contributed by atoms with Crippen LogP contribution in [-0.2, 0) is 33.0 Å².